The van der Waals surface area contributed by atoms with Crippen LogP contribution in [0.25, 0.3) is 0 Å². The normalized spacial score (nSPS) is 10.2. The monoisotopic (exact) mass is 482 g/mol. The van der Waals surface area contributed by atoms with Crippen LogP contribution in [0.5, 0.6) is 23.0 Å². The second-order valence-corrected chi connectivity index (χ2v) is 7.87. The van der Waals surface area contributed by atoms with E-state index in [0.717, 1.165) is 11.3 Å². The molecule has 0 saturated heterocycles. The van der Waals surface area contributed by atoms with Crippen LogP contribution in [0.3, 0.4) is 0 Å². The number of amides is 4. The number of carbonyl (C=O) groups is 2. The first-order valence-electron chi connectivity index (χ1n) is 11.3. The van der Waals surface area contributed by atoms with Gasteiger partial charge in [0.1, 0.15) is 23.0 Å². The molecule has 4 N–H and O–H groups in total. The van der Waals surface area contributed by atoms with Gasteiger partial charge in [0.15, 0.2) is 0 Å². The summed E-state index contributed by atoms with van der Waals surface area (Å²) in [5, 5.41) is 10.8. The Bertz CT molecular complexity index is 1300. The molecule has 0 aromatic heterocycles. The van der Waals surface area contributed by atoms with Crippen molar-refractivity contribution in [1.82, 2.24) is 5.32 Å². The molecule has 0 unspecified atom stereocenters. The highest BCUT2D eigenvalue weighted by Gasteiger charge is 2.05. The van der Waals surface area contributed by atoms with E-state index in [1.165, 1.54) is 0 Å². The fraction of sp³-hybridized carbons (Fsp3) is 0.0714. The summed E-state index contributed by atoms with van der Waals surface area (Å²) >= 11 is 0. The Morgan fingerprint density at radius 2 is 0.806 bits per heavy atom. The van der Waals surface area contributed by atoms with Crippen LogP contribution in [-0.2, 0) is 0 Å². The van der Waals surface area contributed by atoms with Gasteiger partial charge in [-0.15, -0.1) is 0 Å². The Morgan fingerprint density at radius 3 is 1.14 bits per heavy atom. The molecule has 0 saturated carbocycles. The Labute approximate surface area is 209 Å². The molecule has 4 amide bonds. The van der Waals surface area contributed by atoms with E-state index in [-0.39, 0.29) is 12.1 Å². The molecule has 8 heteroatoms. The van der Waals surface area contributed by atoms with Gasteiger partial charge in [0, 0.05) is 24.1 Å². The van der Waals surface area contributed by atoms with E-state index in [2.05, 4.69) is 21.3 Å². The van der Waals surface area contributed by atoms with Crippen LogP contribution in [0.15, 0.2) is 97.1 Å². The number of hydrogen-bond donors (Lipinski definition) is 4. The number of ether oxygens (including phenoxy) is 2. The summed E-state index contributed by atoms with van der Waals surface area (Å²) in [6.45, 7) is 2.02. The highest BCUT2D eigenvalue weighted by Crippen LogP contribution is 2.25. The second kappa shape index (κ2) is 11.4. The zero-order valence-electron chi connectivity index (χ0n) is 19.9. The van der Waals surface area contributed by atoms with Gasteiger partial charge in [0.05, 0.1) is 0 Å². The van der Waals surface area contributed by atoms with E-state index >= 15 is 0 Å². The van der Waals surface area contributed by atoms with Gasteiger partial charge in [-0.3, -0.25) is 0 Å². The molecule has 4 rings (SSSR count). The fourth-order valence-corrected chi connectivity index (χ4v) is 3.18. The van der Waals surface area contributed by atoms with E-state index in [9.17, 15) is 9.59 Å². The van der Waals surface area contributed by atoms with E-state index in [4.69, 9.17) is 9.47 Å². The van der Waals surface area contributed by atoms with Gasteiger partial charge in [0.2, 0.25) is 0 Å². The third-order valence-corrected chi connectivity index (χ3v) is 5.06. The molecule has 0 aliphatic heterocycles. The maximum Gasteiger partial charge on any atom is 0.323 e. The maximum atomic E-state index is 12.4. The Hall–Kier alpha value is -4.98. The first-order valence-corrected chi connectivity index (χ1v) is 11.3. The lowest BCUT2D eigenvalue weighted by Gasteiger charge is -2.11. The standard InChI is InChI=1S/C28H26N4O4/c1-19-3-11-23(12-4-19)35-24-15-7-21(8-16-24)31-28(34)32-22-9-17-26(18-10-22)36-25-13-5-20(6-14-25)30-27(33)29-2/h3-18H,1-2H3,(H2,29,30,33)(H2,31,32,34). The van der Waals surface area contributed by atoms with Gasteiger partial charge in [0.25, 0.3) is 0 Å². The lowest BCUT2D eigenvalue weighted by molar-refractivity contribution is 0.254. The van der Waals surface area contributed by atoms with Crippen molar-refractivity contribution >= 4 is 29.1 Å². The molecule has 0 radical (unpaired) electrons. The molecule has 4 aromatic rings. The minimum Gasteiger partial charge on any atom is -0.457 e. The van der Waals surface area contributed by atoms with Crippen LogP contribution >= 0.6 is 0 Å². The van der Waals surface area contributed by atoms with Crippen molar-refractivity contribution in [3.05, 3.63) is 103 Å². The van der Waals surface area contributed by atoms with Crippen molar-refractivity contribution in [3.8, 4) is 23.0 Å². The SMILES string of the molecule is CNC(=O)Nc1ccc(Oc2ccc(NC(=O)Nc3ccc(Oc4ccc(C)cc4)cc3)cc2)cc1. The number of hydrogen-bond acceptors (Lipinski definition) is 4. The lowest BCUT2D eigenvalue weighted by Crippen LogP contribution is -2.24. The number of aryl methyl sites for hydroxylation is 1. The van der Waals surface area contributed by atoms with Gasteiger partial charge in [-0.2, -0.15) is 0 Å². The molecule has 0 fully saturated rings. The van der Waals surface area contributed by atoms with Crippen LogP contribution in [0, 0.1) is 6.92 Å². The van der Waals surface area contributed by atoms with Crippen molar-refractivity contribution in [2.45, 2.75) is 6.92 Å². The Balaban J connectivity index is 1.26. The minimum atomic E-state index is -0.366. The highest BCUT2D eigenvalue weighted by atomic mass is 16.5. The molecular weight excluding hydrogens is 456 g/mol. The molecule has 0 heterocycles. The predicted molar refractivity (Wildman–Crippen MR) is 141 cm³/mol. The fourth-order valence-electron chi connectivity index (χ4n) is 3.18. The molecule has 0 aliphatic carbocycles. The summed E-state index contributed by atoms with van der Waals surface area (Å²) in [5.74, 6) is 2.65. The highest BCUT2D eigenvalue weighted by molar-refractivity contribution is 5.99. The summed E-state index contributed by atoms with van der Waals surface area (Å²) < 4.78 is 11.6. The van der Waals surface area contributed by atoms with Crippen molar-refractivity contribution in [1.29, 1.82) is 0 Å². The molecule has 4 aromatic carbocycles. The molecular formula is C28H26N4O4. The maximum absolute atomic E-state index is 12.4. The van der Waals surface area contributed by atoms with E-state index in [0.29, 0.717) is 34.3 Å². The van der Waals surface area contributed by atoms with Crippen LogP contribution < -0.4 is 30.7 Å². The molecule has 182 valence electrons. The summed E-state index contributed by atoms with van der Waals surface area (Å²) in [4.78, 5) is 23.7. The third-order valence-electron chi connectivity index (χ3n) is 5.06. The summed E-state index contributed by atoms with van der Waals surface area (Å²) in [7, 11) is 1.55. The smallest absolute Gasteiger partial charge is 0.323 e. The Kier molecular flexibility index (Phi) is 7.67. The average molecular weight is 483 g/mol. The number of carbonyl (C=O) groups excluding carboxylic acids is 2. The molecule has 36 heavy (non-hydrogen) atoms. The lowest BCUT2D eigenvalue weighted by atomic mass is 10.2. The number of urea groups is 2. The van der Waals surface area contributed by atoms with Gasteiger partial charge in [-0.1, -0.05) is 17.7 Å². The number of nitrogens with one attached hydrogen (secondary N) is 4. The van der Waals surface area contributed by atoms with Gasteiger partial charge < -0.3 is 30.7 Å². The van der Waals surface area contributed by atoms with E-state index in [1.807, 2.05) is 31.2 Å². The molecule has 0 atom stereocenters. The van der Waals surface area contributed by atoms with Gasteiger partial charge in [-0.05, 0) is 91.9 Å². The summed E-state index contributed by atoms with van der Waals surface area (Å²) in [6.07, 6.45) is 0. The number of anilines is 3. The molecule has 8 nitrogen and oxygen atoms in total. The first-order chi connectivity index (χ1) is 17.5. The second-order valence-electron chi connectivity index (χ2n) is 7.87. The van der Waals surface area contributed by atoms with Crippen LogP contribution in [-0.4, -0.2) is 19.1 Å². The number of rotatable bonds is 7. The Morgan fingerprint density at radius 1 is 0.500 bits per heavy atom. The molecule has 0 bridgehead atoms. The van der Waals surface area contributed by atoms with Gasteiger partial charge in [-0.25, -0.2) is 9.59 Å². The van der Waals surface area contributed by atoms with Gasteiger partial charge >= 0.3 is 12.1 Å². The molecule has 0 spiro atoms. The summed E-state index contributed by atoms with van der Waals surface area (Å²) in [5.41, 5.74) is 3.07. The number of benzene rings is 4. The van der Waals surface area contributed by atoms with Crippen molar-refractivity contribution in [2.24, 2.45) is 0 Å². The van der Waals surface area contributed by atoms with Crippen LogP contribution in [0.1, 0.15) is 5.56 Å². The van der Waals surface area contributed by atoms with Crippen molar-refractivity contribution < 1.29 is 19.1 Å². The third kappa shape index (κ3) is 7.01. The zero-order valence-corrected chi connectivity index (χ0v) is 19.9. The zero-order chi connectivity index (χ0) is 25.3. The topological polar surface area (TPSA) is 101 Å². The molecule has 0 aliphatic rings. The van der Waals surface area contributed by atoms with E-state index < -0.39 is 0 Å². The average Bonchev–Trinajstić information content (AvgIpc) is 2.89. The minimum absolute atomic E-state index is 0.292. The first kappa shape index (κ1) is 24.2. The summed E-state index contributed by atoms with van der Waals surface area (Å²) in [6, 6.07) is 28.3. The van der Waals surface area contributed by atoms with Crippen LogP contribution in [0.4, 0.5) is 26.7 Å². The van der Waals surface area contributed by atoms with Crippen LogP contribution in [0.2, 0.25) is 0 Å². The van der Waals surface area contributed by atoms with Crippen molar-refractivity contribution in [3.63, 3.8) is 0 Å². The largest absolute Gasteiger partial charge is 0.457 e. The predicted octanol–water partition coefficient (Wildman–Crippen LogP) is 6.97. The van der Waals surface area contributed by atoms with Crippen molar-refractivity contribution in [2.75, 3.05) is 23.0 Å². The van der Waals surface area contributed by atoms with E-state index in [1.54, 1.807) is 79.8 Å². The quantitative estimate of drug-likeness (QED) is 0.228.